The summed E-state index contributed by atoms with van der Waals surface area (Å²) in [6, 6.07) is 14.5. The Morgan fingerprint density at radius 2 is 1.92 bits per heavy atom. The molecule has 0 aromatic heterocycles. The van der Waals surface area contributed by atoms with E-state index in [4.69, 9.17) is 16.3 Å². The quantitative estimate of drug-likeness (QED) is 0.641. The Kier molecular flexibility index (Phi) is 4.54. The van der Waals surface area contributed by atoms with Crippen LogP contribution in [-0.2, 0) is 10.3 Å². The molecule has 26 heavy (non-hydrogen) atoms. The van der Waals surface area contributed by atoms with E-state index in [1.54, 1.807) is 11.8 Å². The van der Waals surface area contributed by atoms with Gasteiger partial charge >= 0.3 is 6.03 Å². The topological polar surface area (TPSA) is 58.6 Å². The highest BCUT2D eigenvalue weighted by Crippen LogP contribution is 2.41. The summed E-state index contributed by atoms with van der Waals surface area (Å²) in [5, 5.41) is 3.60. The molecular weight excluding hydrogens is 372 g/mol. The zero-order valence-electron chi connectivity index (χ0n) is 13.9. The number of benzene rings is 2. The second-order valence-electron chi connectivity index (χ2n) is 6.19. The fourth-order valence-electron chi connectivity index (χ4n) is 3.36. The van der Waals surface area contributed by atoms with Crippen LogP contribution in [0.3, 0.4) is 0 Å². The van der Waals surface area contributed by atoms with Crippen LogP contribution < -0.4 is 10.1 Å². The summed E-state index contributed by atoms with van der Waals surface area (Å²) < 4.78 is 5.64. The number of halogens is 1. The van der Waals surface area contributed by atoms with Crippen molar-refractivity contribution in [2.24, 2.45) is 0 Å². The van der Waals surface area contributed by atoms with E-state index in [9.17, 15) is 9.59 Å². The van der Waals surface area contributed by atoms with Crippen LogP contribution in [0.4, 0.5) is 4.79 Å². The number of ether oxygens (including phenoxy) is 1. The number of para-hydroxylation sites is 1. The highest BCUT2D eigenvalue weighted by Gasteiger charge is 2.54. The van der Waals surface area contributed by atoms with Crippen LogP contribution in [0.15, 0.2) is 53.4 Å². The summed E-state index contributed by atoms with van der Waals surface area (Å²) in [5.41, 5.74) is -0.269. The minimum atomic E-state index is -1.00. The lowest BCUT2D eigenvalue weighted by molar-refractivity contribution is -0.132. The zero-order chi connectivity index (χ0) is 18.1. The van der Waals surface area contributed by atoms with Crippen molar-refractivity contribution in [1.29, 1.82) is 0 Å². The van der Waals surface area contributed by atoms with E-state index in [-0.39, 0.29) is 11.9 Å². The number of rotatable bonds is 4. The molecule has 1 saturated heterocycles. The number of nitrogens with zero attached hydrogens (tertiary/aromatic N) is 1. The van der Waals surface area contributed by atoms with Crippen molar-refractivity contribution in [1.82, 2.24) is 10.2 Å². The van der Waals surface area contributed by atoms with Crippen molar-refractivity contribution in [2.75, 3.05) is 18.9 Å². The molecule has 0 aliphatic carbocycles. The van der Waals surface area contributed by atoms with Gasteiger partial charge in [-0.1, -0.05) is 29.8 Å². The molecule has 1 N–H and O–H groups in total. The van der Waals surface area contributed by atoms with E-state index in [0.717, 1.165) is 10.5 Å². The van der Waals surface area contributed by atoms with Gasteiger partial charge in [-0.3, -0.25) is 9.69 Å². The van der Waals surface area contributed by atoms with Crippen molar-refractivity contribution in [3.63, 3.8) is 0 Å². The van der Waals surface area contributed by atoms with Crippen LogP contribution in [0.25, 0.3) is 0 Å². The number of urea groups is 1. The smallest absolute Gasteiger partial charge is 0.325 e. The molecule has 5 nitrogen and oxygen atoms in total. The number of nitrogens with one attached hydrogen (secondary N) is 1. The Morgan fingerprint density at radius 1 is 1.15 bits per heavy atom. The molecule has 0 radical (unpaired) electrons. The Morgan fingerprint density at radius 3 is 2.73 bits per heavy atom. The monoisotopic (exact) mass is 388 g/mol. The first-order valence-electron chi connectivity index (χ1n) is 8.35. The summed E-state index contributed by atoms with van der Waals surface area (Å²) in [6.07, 6.45) is 0.440. The summed E-state index contributed by atoms with van der Waals surface area (Å²) in [7, 11) is 0. The van der Waals surface area contributed by atoms with Crippen LogP contribution >= 0.6 is 23.4 Å². The SMILES string of the molecule is O=C1N[C@@]2(CCOc3ccccc32)C(=O)N1CCSc1ccc(Cl)cc1. The molecule has 1 fully saturated rings. The van der Waals surface area contributed by atoms with Crippen LogP contribution in [0.5, 0.6) is 5.75 Å². The lowest BCUT2D eigenvalue weighted by atomic mass is 9.84. The highest BCUT2D eigenvalue weighted by molar-refractivity contribution is 7.99. The average Bonchev–Trinajstić information content (AvgIpc) is 2.88. The highest BCUT2D eigenvalue weighted by atomic mass is 35.5. The first kappa shape index (κ1) is 17.2. The van der Waals surface area contributed by atoms with Gasteiger partial charge in [-0.05, 0) is 30.3 Å². The molecule has 0 unspecified atom stereocenters. The molecule has 3 amide bonds. The second kappa shape index (κ2) is 6.85. The van der Waals surface area contributed by atoms with Crippen LogP contribution in [0, 0.1) is 0 Å². The minimum Gasteiger partial charge on any atom is -0.493 e. The summed E-state index contributed by atoms with van der Waals surface area (Å²) in [5.74, 6) is 1.08. The summed E-state index contributed by atoms with van der Waals surface area (Å²) in [6.45, 7) is 0.749. The van der Waals surface area contributed by atoms with Gasteiger partial charge in [0.25, 0.3) is 5.91 Å². The number of hydrogen-bond donors (Lipinski definition) is 1. The third-order valence-corrected chi connectivity index (χ3v) is 5.90. The van der Waals surface area contributed by atoms with Crippen molar-refractivity contribution >= 4 is 35.3 Å². The van der Waals surface area contributed by atoms with Gasteiger partial charge in [-0.2, -0.15) is 0 Å². The molecule has 2 heterocycles. The normalized spacial score (nSPS) is 21.5. The van der Waals surface area contributed by atoms with Gasteiger partial charge in [0.2, 0.25) is 0 Å². The number of fused-ring (bicyclic) bond motifs is 2. The number of hydrogen-bond acceptors (Lipinski definition) is 4. The predicted molar refractivity (Wildman–Crippen MR) is 101 cm³/mol. The number of imide groups is 1. The summed E-state index contributed by atoms with van der Waals surface area (Å²) in [4.78, 5) is 27.9. The van der Waals surface area contributed by atoms with Gasteiger partial charge in [0, 0.05) is 34.2 Å². The Hall–Kier alpha value is -2.18. The maximum atomic E-state index is 13.1. The van der Waals surface area contributed by atoms with Crippen LogP contribution in [-0.4, -0.2) is 35.7 Å². The number of carbonyl (C=O) groups excluding carboxylic acids is 2. The van der Waals surface area contributed by atoms with Crippen LogP contribution in [0.1, 0.15) is 12.0 Å². The van der Waals surface area contributed by atoms with E-state index in [0.29, 0.717) is 36.1 Å². The lowest BCUT2D eigenvalue weighted by Crippen LogP contribution is -2.47. The van der Waals surface area contributed by atoms with Crippen molar-refractivity contribution in [3.8, 4) is 5.75 Å². The van der Waals surface area contributed by atoms with Gasteiger partial charge in [-0.25, -0.2) is 4.79 Å². The first-order valence-corrected chi connectivity index (χ1v) is 9.71. The Bertz CT molecular complexity index is 858. The van der Waals surface area contributed by atoms with E-state index >= 15 is 0 Å². The predicted octanol–water partition coefficient (Wildman–Crippen LogP) is 3.66. The Labute approximate surface area is 160 Å². The first-order chi connectivity index (χ1) is 12.6. The molecule has 134 valence electrons. The molecule has 2 aliphatic rings. The van der Waals surface area contributed by atoms with E-state index in [1.807, 2.05) is 48.5 Å². The summed E-state index contributed by atoms with van der Waals surface area (Å²) >= 11 is 7.47. The molecule has 4 rings (SSSR count). The zero-order valence-corrected chi connectivity index (χ0v) is 15.5. The molecule has 1 spiro atoms. The molecule has 2 aliphatic heterocycles. The number of thioether (sulfide) groups is 1. The fourth-order valence-corrected chi connectivity index (χ4v) is 4.32. The molecule has 2 aromatic rings. The van der Waals surface area contributed by atoms with Crippen LogP contribution in [0.2, 0.25) is 5.02 Å². The molecular formula is C19H17ClN2O3S. The van der Waals surface area contributed by atoms with E-state index in [2.05, 4.69) is 5.32 Å². The minimum absolute atomic E-state index is 0.199. The molecule has 0 saturated carbocycles. The van der Waals surface area contributed by atoms with Gasteiger partial charge in [0.15, 0.2) is 5.54 Å². The van der Waals surface area contributed by atoms with Crippen molar-refractivity contribution < 1.29 is 14.3 Å². The van der Waals surface area contributed by atoms with Crippen molar-refractivity contribution in [2.45, 2.75) is 16.9 Å². The largest absolute Gasteiger partial charge is 0.493 e. The maximum Gasteiger partial charge on any atom is 0.325 e. The number of carbonyl (C=O) groups is 2. The molecule has 0 bridgehead atoms. The average molecular weight is 389 g/mol. The Balaban J connectivity index is 1.49. The van der Waals surface area contributed by atoms with Gasteiger partial charge < -0.3 is 10.1 Å². The number of amides is 3. The maximum absolute atomic E-state index is 13.1. The second-order valence-corrected chi connectivity index (χ2v) is 7.79. The molecule has 2 aromatic carbocycles. The third kappa shape index (κ3) is 2.93. The van der Waals surface area contributed by atoms with Gasteiger partial charge in [0.1, 0.15) is 5.75 Å². The van der Waals surface area contributed by atoms with Gasteiger partial charge in [-0.15, -0.1) is 11.8 Å². The van der Waals surface area contributed by atoms with E-state index in [1.165, 1.54) is 4.90 Å². The van der Waals surface area contributed by atoms with Crippen molar-refractivity contribution in [3.05, 3.63) is 59.1 Å². The fraction of sp³-hybridized carbons (Fsp3) is 0.263. The molecule has 1 atom stereocenters. The van der Waals surface area contributed by atoms with E-state index < -0.39 is 5.54 Å². The third-order valence-electron chi connectivity index (χ3n) is 4.65. The standard InChI is InChI=1S/C19H17ClN2O3S/c20-13-5-7-14(8-6-13)26-12-10-22-17(23)19(21-18(22)24)9-11-25-16-4-2-1-3-15(16)19/h1-8H,9-12H2,(H,21,24)/t19-/m1/s1. The van der Waals surface area contributed by atoms with Gasteiger partial charge in [0.05, 0.1) is 6.61 Å². The lowest BCUT2D eigenvalue weighted by Gasteiger charge is -2.33. The molecule has 7 heteroatoms.